The average Bonchev–Trinajstić information content (AvgIpc) is 3.06. The van der Waals surface area contributed by atoms with Crippen LogP contribution in [0.3, 0.4) is 0 Å². The summed E-state index contributed by atoms with van der Waals surface area (Å²) in [6.07, 6.45) is 8.03. The van der Waals surface area contributed by atoms with Crippen molar-refractivity contribution in [3.63, 3.8) is 0 Å². The van der Waals surface area contributed by atoms with Gasteiger partial charge in [-0.15, -0.1) is 0 Å². The zero-order valence-corrected chi connectivity index (χ0v) is 20.4. The minimum Gasteiger partial charge on any atom is -0.497 e. The number of benzene rings is 1. The molecule has 0 radical (unpaired) electrons. The standard InChI is InChI=1S/C27H32N4O4/c1-32-19-12-13-21(33-2)20(15-19)23-25(16-28,17-29)26(18-30)22-11-9-7-5-3-4-6-8-10-14-27(22,34-23)35-24(26)31/h12-13,15,22-23,31H,3-11,14H2,1-2H3. The van der Waals surface area contributed by atoms with Gasteiger partial charge in [-0.3, -0.25) is 5.41 Å². The Labute approximate surface area is 206 Å². The second-order valence-electron chi connectivity index (χ2n) is 9.72. The third-order valence-electron chi connectivity index (χ3n) is 8.04. The summed E-state index contributed by atoms with van der Waals surface area (Å²) in [6, 6.07) is 11.6. The molecule has 35 heavy (non-hydrogen) atoms. The first-order chi connectivity index (χ1) is 17.0. The molecular weight excluding hydrogens is 444 g/mol. The maximum atomic E-state index is 10.7. The van der Waals surface area contributed by atoms with Gasteiger partial charge in [0.2, 0.25) is 17.1 Å². The molecule has 0 amide bonds. The number of nitrogens with zero attached hydrogens (tertiary/aromatic N) is 3. The van der Waals surface area contributed by atoms with Gasteiger partial charge in [-0.25, -0.2) is 0 Å². The van der Waals surface area contributed by atoms with Crippen LogP contribution in [-0.2, 0) is 9.47 Å². The predicted molar refractivity (Wildman–Crippen MR) is 126 cm³/mol. The Morgan fingerprint density at radius 2 is 1.57 bits per heavy atom. The summed E-state index contributed by atoms with van der Waals surface area (Å²) in [7, 11) is 3.02. The minimum absolute atomic E-state index is 0.340. The SMILES string of the molecule is COc1ccc(OC)c(C2OC34CCCCCCCCCCC3C(C#N)(C(=N)O4)C2(C#N)C#N)c1. The van der Waals surface area contributed by atoms with Gasteiger partial charge in [-0.05, 0) is 31.0 Å². The van der Waals surface area contributed by atoms with E-state index in [-0.39, 0.29) is 5.90 Å². The first-order valence-electron chi connectivity index (χ1n) is 12.4. The molecule has 8 heteroatoms. The van der Waals surface area contributed by atoms with Crippen molar-refractivity contribution in [3.8, 4) is 29.7 Å². The van der Waals surface area contributed by atoms with Crippen LogP contribution in [0.15, 0.2) is 18.2 Å². The lowest BCUT2D eigenvalue weighted by molar-refractivity contribution is -0.288. The van der Waals surface area contributed by atoms with Crippen LogP contribution in [0.4, 0.5) is 0 Å². The molecule has 3 fully saturated rings. The number of nitrogens with one attached hydrogen (secondary N) is 1. The summed E-state index contributed by atoms with van der Waals surface area (Å²) in [5.74, 6) is -1.29. The summed E-state index contributed by atoms with van der Waals surface area (Å²) >= 11 is 0. The van der Waals surface area contributed by atoms with E-state index in [2.05, 4.69) is 18.2 Å². The van der Waals surface area contributed by atoms with Crippen molar-refractivity contribution in [2.75, 3.05) is 14.2 Å². The molecular formula is C27H32N4O4. The molecule has 2 saturated heterocycles. The molecule has 0 aromatic heterocycles. The van der Waals surface area contributed by atoms with Crippen LogP contribution >= 0.6 is 0 Å². The van der Waals surface area contributed by atoms with Crippen LogP contribution in [0.25, 0.3) is 0 Å². The maximum absolute atomic E-state index is 10.7. The molecule has 1 aromatic rings. The van der Waals surface area contributed by atoms with Crippen LogP contribution in [0.1, 0.15) is 75.9 Å². The van der Waals surface area contributed by atoms with Crippen molar-refractivity contribution in [2.24, 2.45) is 16.7 Å². The third kappa shape index (κ3) is 3.62. The summed E-state index contributed by atoms with van der Waals surface area (Å²) in [4.78, 5) is 0. The van der Waals surface area contributed by atoms with Crippen LogP contribution in [0, 0.1) is 56.2 Å². The smallest absolute Gasteiger partial charge is 0.217 e. The van der Waals surface area contributed by atoms with Gasteiger partial charge in [0.25, 0.3) is 0 Å². The molecule has 3 aliphatic rings. The number of nitriles is 3. The molecule has 1 aromatic carbocycles. The van der Waals surface area contributed by atoms with Crippen molar-refractivity contribution in [1.82, 2.24) is 0 Å². The van der Waals surface area contributed by atoms with E-state index in [0.29, 0.717) is 29.9 Å². The summed E-state index contributed by atoms with van der Waals surface area (Å²) < 4.78 is 23.9. The molecule has 2 heterocycles. The highest BCUT2D eigenvalue weighted by atomic mass is 16.7. The molecule has 184 valence electrons. The highest BCUT2D eigenvalue weighted by Crippen LogP contribution is 2.69. The first-order valence-corrected chi connectivity index (χ1v) is 12.4. The number of ether oxygens (including phenoxy) is 4. The van der Waals surface area contributed by atoms with Gasteiger partial charge in [0, 0.05) is 12.0 Å². The molecule has 4 unspecified atom stereocenters. The summed E-state index contributed by atoms with van der Waals surface area (Å²) in [6.45, 7) is 0. The number of rotatable bonds is 3. The van der Waals surface area contributed by atoms with E-state index in [1.54, 1.807) is 18.2 Å². The quantitative estimate of drug-likeness (QED) is 0.604. The lowest BCUT2D eigenvalue weighted by atomic mass is 9.52. The molecule has 1 N–H and O–H groups in total. The normalized spacial score (nSPS) is 32.3. The minimum atomic E-state index is -2.01. The van der Waals surface area contributed by atoms with Gasteiger partial charge in [-0.1, -0.05) is 44.9 Å². The molecule has 1 saturated carbocycles. The van der Waals surface area contributed by atoms with Crippen molar-refractivity contribution in [2.45, 2.75) is 76.1 Å². The third-order valence-corrected chi connectivity index (χ3v) is 8.04. The number of methoxy groups -OCH3 is 2. The molecule has 1 aliphatic carbocycles. The van der Waals surface area contributed by atoms with E-state index in [0.717, 1.165) is 38.5 Å². The maximum Gasteiger partial charge on any atom is 0.217 e. The highest BCUT2D eigenvalue weighted by molar-refractivity contribution is 5.89. The monoisotopic (exact) mass is 476 g/mol. The Hall–Kier alpha value is -3.28. The molecule has 2 aliphatic heterocycles. The molecule has 2 bridgehead atoms. The topological polar surface area (TPSA) is 132 Å². The predicted octanol–water partition coefficient (Wildman–Crippen LogP) is 5.55. The van der Waals surface area contributed by atoms with Crippen molar-refractivity contribution in [1.29, 1.82) is 21.2 Å². The van der Waals surface area contributed by atoms with Gasteiger partial charge in [-0.2, -0.15) is 15.8 Å². The average molecular weight is 477 g/mol. The molecule has 4 rings (SSSR count). The zero-order valence-electron chi connectivity index (χ0n) is 20.4. The van der Waals surface area contributed by atoms with Crippen LogP contribution in [0.5, 0.6) is 11.5 Å². The lowest BCUT2D eigenvalue weighted by Crippen LogP contribution is -2.59. The van der Waals surface area contributed by atoms with Gasteiger partial charge in [0.05, 0.1) is 38.3 Å². The summed E-state index contributed by atoms with van der Waals surface area (Å²) in [5.41, 5.74) is -3.35. The van der Waals surface area contributed by atoms with Crippen LogP contribution in [-0.4, -0.2) is 25.9 Å². The fraction of sp³-hybridized carbons (Fsp3) is 0.630. The summed E-state index contributed by atoms with van der Waals surface area (Å²) in [5, 5.41) is 40.7. The Balaban J connectivity index is 1.94. The van der Waals surface area contributed by atoms with E-state index in [4.69, 9.17) is 24.4 Å². The van der Waals surface area contributed by atoms with Crippen LogP contribution < -0.4 is 9.47 Å². The van der Waals surface area contributed by atoms with Gasteiger partial charge in [0.15, 0.2) is 5.41 Å². The second kappa shape index (κ2) is 9.76. The first kappa shape index (κ1) is 24.8. The van der Waals surface area contributed by atoms with Crippen molar-refractivity contribution in [3.05, 3.63) is 23.8 Å². The number of hydrogen-bond donors (Lipinski definition) is 1. The lowest BCUT2D eigenvalue weighted by Gasteiger charge is -2.50. The van der Waals surface area contributed by atoms with Gasteiger partial charge < -0.3 is 18.9 Å². The Kier molecular flexibility index (Phi) is 6.93. The van der Waals surface area contributed by atoms with Gasteiger partial charge >= 0.3 is 0 Å². The van der Waals surface area contributed by atoms with E-state index in [1.165, 1.54) is 27.1 Å². The molecule has 8 nitrogen and oxygen atoms in total. The Morgan fingerprint density at radius 3 is 2.17 bits per heavy atom. The van der Waals surface area contributed by atoms with Gasteiger partial charge in [0.1, 0.15) is 17.6 Å². The Bertz CT molecular complexity index is 1090. The number of hydrogen-bond acceptors (Lipinski definition) is 8. The van der Waals surface area contributed by atoms with E-state index >= 15 is 0 Å². The molecule has 4 atom stereocenters. The Morgan fingerprint density at radius 1 is 0.914 bits per heavy atom. The van der Waals surface area contributed by atoms with Crippen LogP contribution in [0.2, 0.25) is 0 Å². The largest absolute Gasteiger partial charge is 0.497 e. The zero-order chi connectivity index (χ0) is 25.1. The van der Waals surface area contributed by atoms with E-state index in [1.807, 2.05) is 0 Å². The fourth-order valence-corrected chi connectivity index (χ4v) is 6.24. The second-order valence-corrected chi connectivity index (χ2v) is 9.72. The van der Waals surface area contributed by atoms with Crippen molar-refractivity contribution < 1.29 is 18.9 Å². The van der Waals surface area contributed by atoms with E-state index < -0.39 is 28.6 Å². The van der Waals surface area contributed by atoms with Crippen molar-refractivity contribution >= 4 is 5.90 Å². The van der Waals surface area contributed by atoms with E-state index in [9.17, 15) is 15.8 Å². The molecule has 0 spiro atoms. The highest BCUT2D eigenvalue weighted by Gasteiger charge is 2.80. The fourth-order valence-electron chi connectivity index (χ4n) is 6.24.